The van der Waals surface area contributed by atoms with Gasteiger partial charge in [-0.25, -0.2) is 4.79 Å². The molecule has 1 aromatic carbocycles. The van der Waals surface area contributed by atoms with Crippen LogP contribution in [0.2, 0.25) is 0 Å². The third kappa shape index (κ3) is 6.05. The van der Waals surface area contributed by atoms with Crippen molar-refractivity contribution < 1.29 is 9.53 Å². The van der Waals surface area contributed by atoms with Crippen LogP contribution in [0.15, 0.2) is 36.5 Å². The monoisotopic (exact) mass is 399 g/mol. The third-order valence-electron chi connectivity index (χ3n) is 5.70. The molecule has 0 bridgehead atoms. The molecule has 0 aliphatic carbocycles. The zero-order valence-corrected chi connectivity index (χ0v) is 17.7. The average Bonchev–Trinajstić information content (AvgIpc) is 3.11. The lowest BCUT2D eigenvalue weighted by Gasteiger charge is -2.31. The minimum atomic E-state index is -0.187. The van der Waals surface area contributed by atoms with E-state index in [0.717, 1.165) is 44.6 Å². The van der Waals surface area contributed by atoms with Gasteiger partial charge in [-0.05, 0) is 51.3 Å². The number of aromatic nitrogens is 2. The minimum absolute atomic E-state index is 0.108. The summed E-state index contributed by atoms with van der Waals surface area (Å²) in [6, 6.07) is 10.1. The highest BCUT2D eigenvalue weighted by Gasteiger charge is 2.20. The van der Waals surface area contributed by atoms with E-state index < -0.39 is 0 Å². The summed E-state index contributed by atoms with van der Waals surface area (Å²) in [5.74, 6) is 1.14. The highest BCUT2D eigenvalue weighted by atomic mass is 16.5. The molecule has 7 heteroatoms. The molecule has 1 aliphatic rings. The number of amides is 2. The number of carbonyl (C=O) groups excluding carboxylic acids is 1. The summed E-state index contributed by atoms with van der Waals surface area (Å²) >= 11 is 0. The molecule has 1 saturated heterocycles. The van der Waals surface area contributed by atoms with Crippen LogP contribution in [-0.4, -0.2) is 60.6 Å². The molecule has 2 N–H and O–H groups in total. The normalized spacial score (nSPS) is 16.5. The molecule has 0 saturated carbocycles. The largest absolute Gasteiger partial charge is 0.383 e. The van der Waals surface area contributed by atoms with Crippen molar-refractivity contribution >= 4 is 11.8 Å². The molecule has 29 heavy (non-hydrogen) atoms. The summed E-state index contributed by atoms with van der Waals surface area (Å²) in [6.07, 6.45) is 4.18. The fourth-order valence-electron chi connectivity index (χ4n) is 3.71. The van der Waals surface area contributed by atoms with Gasteiger partial charge in [-0.2, -0.15) is 5.10 Å². The van der Waals surface area contributed by atoms with Crippen molar-refractivity contribution in [2.45, 2.75) is 32.7 Å². The zero-order valence-electron chi connectivity index (χ0n) is 17.7. The van der Waals surface area contributed by atoms with Crippen LogP contribution in [0.25, 0.3) is 0 Å². The van der Waals surface area contributed by atoms with E-state index in [4.69, 9.17) is 4.74 Å². The lowest BCUT2D eigenvalue weighted by molar-refractivity contribution is 0.120. The first-order chi connectivity index (χ1) is 14.1. The van der Waals surface area contributed by atoms with Gasteiger partial charge < -0.3 is 15.0 Å². The molecule has 2 aromatic rings. The number of benzene rings is 1. The van der Waals surface area contributed by atoms with Crippen molar-refractivity contribution in [3.8, 4) is 0 Å². The highest BCUT2D eigenvalue weighted by Crippen LogP contribution is 2.21. The quantitative estimate of drug-likeness (QED) is 0.715. The number of methoxy groups -OCH3 is 1. The van der Waals surface area contributed by atoms with Crippen molar-refractivity contribution in [2.24, 2.45) is 5.92 Å². The number of urea groups is 1. The van der Waals surface area contributed by atoms with Crippen LogP contribution in [0.4, 0.5) is 10.6 Å². The summed E-state index contributed by atoms with van der Waals surface area (Å²) in [7, 11) is 1.74. The first-order valence-corrected chi connectivity index (χ1v) is 10.4. The van der Waals surface area contributed by atoms with Crippen LogP contribution in [0.1, 0.15) is 36.9 Å². The molecule has 0 spiro atoms. The van der Waals surface area contributed by atoms with Gasteiger partial charge in [-0.15, -0.1) is 0 Å². The number of ether oxygens (including phenoxy) is 1. The average molecular weight is 400 g/mol. The number of nitrogens with one attached hydrogen (secondary N) is 2. The second-order valence-corrected chi connectivity index (χ2v) is 7.84. The number of hydrogen-bond donors (Lipinski definition) is 2. The maximum atomic E-state index is 12.4. The number of anilines is 1. The molecule has 1 aliphatic heterocycles. The van der Waals surface area contributed by atoms with E-state index in [-0.39, 0.29) is 12.1 Å². The summed E-state index contributed by atoms with van der Waals surface area (Å²) in [6.45, 7) is 8.67. The Bertz CT molecular complexity index is 769. The van der Waals surface area contributed by atoms with Gasteiger partial charge >= 0.3 is 6.03 Å². The number of rotatable bonds is 8. The maximum Gasteiger partial charge on any atom is 0.320 e. The number of nitrogens with zero attached hydrogens (tertiary/aromatic N) is 3. The summed E-state index contributed by atoms with van der Waals surface area (Å²) < 4.78 is 7.04. The topological polar surface area (TPSA) is 71.4 Å². The lowest BCUT2D eigenvalue weighted by atomic mass is 9.97. The minimum Gasteiger partial charge on any atom is -0.383 e. The number of aryl methyl sites for hydroxylation is 1. The zero-order chi connectivity index (χ0) is 20.6. The van der Waals surface area contributed by atoms with Crippen molar-refractivity contribution in [2.75, 3.05) is 45.2 Å². The smallest absolute Gasteiger partial charge is 0.320 e. The molecular weight excluding hydrogens is 366 g/mol. The molecule has 7 nitrogen and oxygen atoms in total. The Morgan fingerprint density at radius 1 is 1.28 bits per heavy atom. The van der Waals surface area contributed by atoms with E-state index in [1.807, 2.05) is 36.0 Å². The second kappa shape index (κ2) is 10.4. The van der Waals surface area contributed by atoms with Crippen LogP contribution >= 0.6 is 0 Å². The first-order valence-electron chi connectivity index (χ1n) is 10.4. The number of carbonyl (C=O) groups is 1. The van der Waals surface area contributed by atoms with Gasteiger partial charge in [0, 0.05) is 32.0 Å². The predicted octanol–water partition coefficient (Wildman–Crippen LogP) is 3.28. The van der Waals surface area contributed by atoms with Gasteiger partial charge in [0.2, 0.25) is 0 Å². The molecule has 2 amide bonds. The van der Waals surface area contributed by atoms with E-state index in [0.29, 0.717) is 18.3 Å². The molecule has 158 valence electrons. The van der Waals surface area contributed by atoms with Crippen molar-refractivity contribution in [1.29, 1.82) is 0 Å². The fourth-order valence-corrected chi connectivity index (χ4v) is 3.71. The maximum absolute atomic E-state index is 12.4. The van der Waals surface area contributed by atoms with Crippen molar-refractivity contribution in [3.05, 3.63) is 47.7 Å². The first kappa shape index (κ1) is 21.3. The van der Waals surface area contributed by atoms with Gasteiger partial charge in [-0.1, -0.05) is 30.3 Å². The molecule has 0 radical (unpaired) electrons. The number of likely N-dealkylation sites (tertiary alicyclic amines) is 1. The summed E-state index contributed by atoms with van der Waals surface area (Å²) in [5, 5.41) is 10.5. The van der Waals surface area contributed by atoms with E-state index in [1.54, 1.807) is 7.11 Å². The van der Waals surface area contributed by atoms with Crippen LogP contribution in [-0.2, 0) is 4.74 Å². The molecule has 1 fully saturated rings. The number of hydrogen-bond acceptors (Lipinski definition) is 4. The Labute approximate surface area is 173 Å². The molecular formula is C22H33N5O2. The Hall–Kier alpha value is -2.38. The van der Waals surface area contributed by atoms with Gasteiger partial charge in [0.25, 0.3) is 0 Å². The van der Waals surface area contributed by atoms with Gasteiger partial charge in [-0.3, -0.25) is 10.00 Å². The Morgan fingerprint density at radius 2 is 2.00 bits per heavy atom. The number of piperidine rings is 1. The van der Waals surface area contributed by atoms with Crippen molar-refractivity contribution in [1.82, 2.24) is 20.0 Å². The lowest BCUT2D eigenvalue weighted by Crippen LogP contribution is -2.40. The highest BCUT2D eigenvalue weighted by molar-refractivity contribution is 5.88. The van der Waals surface area contributed by atoms with E-state index in [2.05, 4.69) is 39.7 Å². The Balaban J connectivity index is 1.46. The van der Waals surface area contributed by atoms with Crippen molar-refractivity contribution in [3.63, 3.8) is 0 Å². The predicted molar refractivity (Wildman–Crippen MR) is 115 cm³/mol. The summed E-state index contributed by atoms with van der Waals surface area (Å²) in [5.41, 5.74) is 2.14. The summed E-state index contributed by atoms with van der Waals surface area (Å²) in [4.78, 5) is 14.8. The van der Waals surface area contributed by atoms with E-state index in [9.17, 15) is 4.79 Å². The van der Waals surface area contributed by atoms with Gasteiger partial charge in [0.05, 0.1) is 12.6 Å². The molecule has 1 atom stereocenters. The van der Waals surface area contributed by atoms with E-state index in [1.165, 1.54) is 5.56 Å². The standard InChI is InChI=1S/C22H33N5O2/c1-17-16-27(18(2)20-7-5-4-6-8-20)25-21(17)24-22(28)23-15-19-9-11-26(12-10-19)13-14-29-3/h4-8,16,18-19H,9-15H2,1-3H3,(H2,23,24,25,28). The SMILES string of the molecule is COCCN1CCC(CNC(=O)Nc2nn(C(C)c3ccccc3)cc2C)CC1. The second-order valence-electron chi connectivity index (χ2n) is 7.84. The molecule has 1 aromatic heterocycles. The van der Waals surface area contributed by atoms with Gasteiger partial charge in [0.1, 0.15) is 0 Å². The molecule has 2 heterocycles. The molecule has 3 rings (SSSR count). The Kier molecular flexibility index (Phi) is 7.66. The Morgan fingerprint density at radius 3 is 2.69 bits per heavy atom. The van der Waals surface area contributed by atoms with Crippen LogP contribution in [0, 0.1) is 12.8 Å². The molecule has 1 unspecified atom stereocenters. The fraction of sp³-hybridized carbons (Fsp3) is 0.545. The van der Waals surface area contributed by atoms with Crippen LogP contribution in [0.3, 0.4) is 0 Å². The van der Waals surface area contributed by atoms with Crippen LogP contribution < -0.4 is 10.6 Å². The van der Waals surface area contributed by atoms with Gasteiger partial charge in [0.15, 0.2) is 5.82 Å². The van der Waals surface area contributed by atoms with Crippen LogP contribution in [0.5, 0.6) is 0 Å². The third-order valence-corrected chi connectivity index (χ3v) is 5.70. The van der Waals surface area contributed by atoms with E-state index >= 15 is 0 Å².